The highest BCUT2D eigenvalue weighted by molar-refractivity contribution is 5.88. The lowest BCUT2D eigenvalue weighted by Gasteiger charge is -2.27. The van der Waals surface area contributed by atoms with Gasteiger partial charge in [0.1, 0.15) is 18.2 Å². The molecule has 0 spiro atoms. The van der Waals surface area contributed by atoms with Crippen LogP contribution in [-0.2, 0) is 14.3 Å². The number of carbonyl (C=O) groups excluding carboxylic acids is 2. The second kappa shape index (κ2) is 6.08. The van der Waals surface area contributed by atoms with E-state index in [1.165, 1.54) is 0 Å². The van der Waals surface area contributed by atoms with Crippen LogP contribution in [0.4, 0.5) is 4.79 Å². The summed E-state index contributed by atoms with van der Waals surface area (Å²) in [5.41, 5.74) is -0.716. The lowest BCUT2D eigenvalue weighted by atomic mass is 10.2. The summed E-state index contributed by atoms with van der Waals surface area (Å²) in [7, 11) is 0. The molecule has 1 rings (SSSR count). The second-order valence-corrected chi connectivity index (χ2v) is 5.65. The van der Waals surface area contributed by atoms with E-state index in [-0.39, 0.29) is 13.0 Å². The zero-order chi connectivity index (χ0) is 15.5. The number of amides is 2. The number of carboxylic acid groups (broad SMARTS) is 1. The number of hydrogen-bond donors (Lipinski definition) is 3. The van der Waals surface area contributed by atoms with Gasteiger partial charge in [-0.1, -0.05) is 0 Å². The Bertz CT molecular complexity index is 403. The molecule has 0 bridgehead atoms. The van der Waals surface area contributed by atoms with E-state index in [0.717, 1.165) is 4.90 Å². The smallest absolute Gasteiger partial charge is 0.411 e. The van der Waals surface area contributed by atoms with Crippen molar-refractivity contribution in [2.24, 2.45) is 0 Å². The number of ether oxygens (including phenoxy) is 1. The van der Waals surface area contributed by atoms with Gasteiger partial charge >= 0.3 is 12.1 Å². The highest BCUT2D eigenvalue weighted by atomic mass is 16.6. The van der Waals surface area contributed by atoms with Crippen molar-refractivity contribution in [1.82, 2.24) is 10.2 Å². The number of aliphatic hydroxyl groups is 1. The van der Waals surface area contributed by atoms with E-state index in [1.54, 1.807) is 20.8 Å². The average molecular weight is 288 g/mol. The molecule has 8 nitrogen and oxygen atoms in total. The zero-order valence-electron chi connectivity index (χ0n) is 11.8. The van der Waals surface area contributed by atoms with Crippen LogP contribution in [0.5, 0.6) is 0 Å². The molecule has 3 N–H and O–H groups in total. The molecule has 1 heterocycles. The first kappa shape index (κ1) is 16.2. The van der Waals surface area contributed by atoms with Crippen molar-refractivity contribution < 1.29 is 29.3 Å². The van der Waals surface area contributed by atoms with Gasteiger partial charge in [0.2, 0.25) is 5.91 Å². The summed E-state index contributed by atoms with van der Waals surface area (Å²) < 4.78 is 5.16. The summed E-state index contributed by atoms with van der Waals surface area (Å²) in [6.45, 7) is 4.53. The van der Waals surface area contributed by atoms with Gasteiger partial charge in [-0.05, 0) is 20.8 Å². The molecule has 1 saturated heterocycles. The SMILES string of the molecule is CC(C)(C)OC(=O)N1CC(O)CC1C(=O)NCC(=O)O. The molecule has 2 amide bonds. The third-order valence-electron chi connectivity index (χ3n) is 2.62. The average Bonchev–Trinajstić information content (AvgIpc) is 2.66. The molecule has 1 aliphatic heterocycles. The molecule has 1 fully saturated rings. The van der Waals surface area contributed by atoms with Crippen LogP contribution in [0, 0.1) is 0 Å². The van der Waals surface area contributed by atoms with E-state index in [4.69, 9.17) is 9.84 Å². The highest BCUT2D eigenvalue weighted by Crippen LogP contribution is 2.21. The molecule has 114 valence electrons. The first-order chi connectivity index (χ1) is 9.10. The fraction of sp³-hybridized carbons (Fsp3) is 0.750. The number of aliphatic hydroxyl groups excluding tert-OH is 1. The Hall–Kier alpha value is -1.83. The summed E-state index contributed by atoms with van der Waals surface area (Å²) in [6.07, 6.45) is -1.47. The molecule has 0 radical (unpaired) electrons. The maximum atomic E-state index is 12.0. The molecule has 0 aromatic heterocycles. The van der Waals surface area contributed by atoms with Crippen LogP contribution in [0.1, 0.15) is 27.2 Å². The number of rotatable bonds is 3. The van der Waals surface area contributed by atoms with E-state index in [0.29, 0.717) is 0 Å². The highest BCUT2D eigenvalue weighted by Gasteiger charge is 2.40. The number of aliphatic carboxylic acids is 1. The lowest BCUT2D eigenvalue weighted by Crippen LogP contribution is -2.48. The van der Waals surface area contributed by atoms with E-state index in [1.807, 2.05) is 0 Å². The zero-order valence-corrected chi connectivity index (χ0v) is 11.8. The Labute approximate surface area is 116 Å². The number of carbonyl (C=O) groups is 3. The Kier molecular flexibility index (Phi) is 4.93. The van der Waals surface area contributed by atoms with Gasteiger partial charge in [-0.15, -0.1) is 0 Å². The number of likely N-dealkylation sites (tertiary alicyclic amines) is 1. The molecule has 0 aromatic carbocycles. The predicted molar refractivity (Wildman–Crippen MR) is 68.0 cm³/mol. The van der Waals surface area contributed by atoms with E-state index in [2.05, 4.69) is 5.32 Å². The van der Waals surface area contributed by atoms with Gasteiger partial charge in [-0.25, -0.2) is 4.79 Å². The molecule has 0 aliphatic carbocycles. The summed E-state index contributed by atoms with van der Waals surface area (Å²) in [6, 6.07) is -0.917. The minimum atomic E-state index is -1.18. The number of nitrogens with zero attached hydrogens (tertiary/aromatic N) is 1. The van der Waals surface area contributed by atoms with E-state index < -0.39 is 42.3 Å². The quantitative estimate of drug-likeness (QED) is 0.648. The number of carboxylic acids is 1. The standard InChI is InChI=1S/C12H20N2O6/c1-12(2,3)20-11(19)14-6-7(15)4-8(14)10(18)13-5-9(16)17/h7-8,15H,4-6H2,1-3H3,(H,13,18)(H,16,17). The molecular formula is C12H20N2O6. The van der Waals surface area contributed by atoms with Gasteiger partial charge in [0.05, 0.1) is 12.6 Å². The third kappa shape index (κ3) is 4.69. The second-order valence-electron chi connectivity index (χ2n) is 5.65. The van der Waals surface area contributed by atoms with Crippen LogP contribution in [0.15, 0.2) is 0 Å². The molecular weight excluding hydrogens is 268 g/mol. The van der Waals surface area contributed by atoms with Gasteiger partial charge in [0.25, 0.3) is 0 Å². The largest absolute Gasteiger partial charge is 0.480 e. The maximum Gasteiger partial charge on any atom is 0.411 e. The Morgan fingerprint density at radius 2 is 1.95 bits per heavy atom. The van der Waals surface area contributed by atoms with Crippen LogP contribution in [0.2, 0.25) is 0 Å². The van der Waals surface area contributed by atoms with Gasteiger partial charge < -0.3 is 20.3 Å². The van der Waals surface area contributed by atoms with Crippen LogP contribution >= 0.6 is 0 Å². The Balaban J connectivity index is 2.70. The van der Waals surface area contributed by atoms with Crippen molar-refractivity contribution in [3.05, 3.63) is 0 Å². The minimum absolute atomic E-state index is 0.0138. The van der Waals surface area contributed by atoms with Crippen molar-refractivity contribution >= 4 is 18.0 Å². The number of β-amino-alcohol motifs (C(OH)–C–C–N with tert-alkyl or cyclic N) is 1. The first-order valence-electron chi connectivity index (χ1n) is 6.27. The van der Waals surface area contributed by atoms with Crippen molar-refractivity contribution in [3.8, 4) is 0 Å². The van der Waals surface area contributed by atoms with Gasteiger partial charge in [-0.3, -0.25) is 14.5 Å². The fourth-order valence-corrected chi connectivity index (χ4v) is 1.87. The Morgan fingerprint density at radius 3 is 2.45 bits per heavy atom. The molecule has 20 heavy (non-hydrogen) atoms. The molecule has 1 aliphatic rings. The van der Waals surface area contributed by atoms with Crippen LogP contribution in [-0.4, -0.2) is 63.9 Å². The summed E-state index contributed by atoms with van der Waals surface area (Å²) >= 11 is 0. The monoisotopic (exact) mass is 288 g/mol. The third-order valence-corrected chi connectivity index (χ3v) is 2.62. The molecule has 0 aromatic rings. The minimum Gasteiger partial charge on any atom is -0.480 e. The molecule has 2 atom stereocenters. The fourth-order valence-electron chi connectivity index (χ4n) is 1.87. The van der Waals surface area contributed by atoms with Crippen LogP contribution in [0.25, 0.3) is 0 Å². The van der Waals surface area contributed by atoms with Crippen molar-refractivity contribution in [2.45, 2.75) is 44.9 Å². The van der Waals surface area contributed by atoms with Crippen molar-refractivity contribution in [3.63, 3.8) is 0 Å². The summed E-state index contributed by atoms with van der Waals surface area (Å²) in [4.78, 5) is 35.3. The van der Waals surface area contributed by atoms with E-state index in [9.17, 15) is 19.5 Å². The van der Waals surface area contributed by atoms with Gasteiger partial charge in [0.15, 0.2) is 0 Å². The normalized spacial score (nSPS) is 22.5. The van der Waals surface area contributed by atoms with Crippen LogP contribution in [0.3, 0.4) is 0 Å². The number of nitrogens with one attached hydrogen (secondary N) is 1. The van der Waals surface area contributed by atoms with Crippen LogP contribution < -0.4 is 5.32 Å². The van der Waals surface area contributed by atoms with E-state index >= 15 is 0 Å². The summed E-state index contributed by atoms with van der Waals surface area (Å²) in [5.74, 6) is -1.80. The van der Waals surface area contributed by atoms with Gasteiger partial charge in [0, 0.05) is 6.42 Å². The van der Waals surface area contributed by atoms with Gasteiger partial charge in [-0.2, -0.15) is 0 Å². The Morgan fingerprint density at radius 1 is 1.35 bits per heavy atom. The predicted octanol–water partition coefficient (Wildman–Crippen LogP) is -0.442. The molecule has 2 unspecified atom stereocenters. The first-order valence-corrected chi connectivity index (χ1v) is 6.27. The molecule has 0 saturated carbocycles. The van der Waals surface area contributed by atoms with Crippen molar-refractivity contribution in [1.29, 1.82) is 0 Å². The topological polar surface area (TPSA) is 116 Å². The maximum absolute atomic E-state index is 12.0. The van der Waals surface area contributed by atoms with Crippen molar-refractivity contribution in [2.75, 3.05) is 13.1 Å². The summed E-state index contributed by atoms with van der Waals surface area (Å²) in [5, 5.41) is 20.3. The number of hydrogen-bond acceptors (Lipinski definition) is 5. The lowest BCUT2D eigenvalue weighted by molar-refractivity contribution is -0.138. The molecule has 8 heteroatoms.